The van der Waals surface area contributed by atoms with Gasteiger partial charge in [0.1, 0.15) is 17.1 Å². The third-order valence-electron chi connectivity index (χ3n) is 2.49. The van der Waals surface area contributed by atoms with E-state index in [2.05, 4.69) is 4.52 Å². The second kappa shape index (κ2) is 6.43. The Labute approximate surface area is 121 Å². The summed E-state index contributed by atoms with van der Waals surface area (Å²) >= 11 is 0. The van der Waals surface area contributed by atoms with Gasteiger partial charge in [0.05, 0.1) is 7.11 Å². The van der Waals surface area contributed by atoms with Crippen molar-refractivity contribution < 1.29 is 28.0 Å². The molecule has 0 aliphatic rings. The molecule has 1 N–H and O–H groups in total. The van der Waals surface area contributed by atoms with Crippen LogP contribution in [0.3, 0.4) is 0 Å². The van der Waals surface area contributed by atoms with Crippen molar-refractivity contribution in [1.82, 2.24) is 0 Å². The average molecular weight is 308 g/mol. The molecule has 1 unspecified atom stereocenters. The molecule has 2 aromatic carbocycles. The Morgan fingerprint density at radius 1 is 1.05 bits per heavy atom. The molecule has 2 aromatic rings. The lowest BCUT2D eigenvalue weighted by atomic mass is 10.2. The minimum atomic E-state index is -4.57. The quantitative estimate of drug-likeness (QED) is 0.855. The van der Waals surface area contributed by atoms with Crippen molar-refractivity contribution in [2.24, 2.45) is 0 Å². The number of benzene rings is 2. The van der Waals surface area contributed by atoms with Crippen molar-refractivity contribution in [3.8, 4) is 11.5 Å². The van der Waals surface area contributed by atoms with Gasteiger partial charge in [0.15, 0.2) is 0 Å². The Kier molecular flexibility index (Phi) is 4.62. The van der Waals surface area contributed by atoms with Crippen molar-refractivity contribution >= 4 is 13.8 Å². The molecule has 0 amide bonds. The molecule has 0 spiro atoms. The zero-order valence-corrected chi connectivity index (χ0v) is 12.0. The zero-order valence-electron chi connectivity index (χ0n) is 11.1. The molecule has 0 bridgehead atoms. The van der Waals surface area contributed by atoms with E-state index in [1.54, 1.807) is 30.3 Å². The predicted molar refractivity (Wildman–Crippen MR) is 75.3 cm³/mol. The Morgan fingerprint density at radius 2 is 1.67 bits per heavy atom. The number of phosphoric acid groups is 1. The number of rotatable bonds is 5. The van der Waals surface area contributed by atoms with Crippen LogP contribution in [-0.2, 0) is 9.09 Å². The van der Waals surface area contributed by atoms with E-state index >= 15 is 0 Å². The average Bonchev–Trinajstić information content (AvgIpc) is 2.47. The summed E-state index contributed by atoms with van der Waals surface area (Å²) in [6, 6.07) is 14.1. The van der Waals surface area contributed by atoms with Crippen molar-refractivity contribution in [1.29, 1.82) is 0 Å². The molecular weight excluding hydrogens is 295 g/mol. The molecule has 110 valence electrons. The van der Waals surface area contributed by atoms with Gasteiger partial charge in [0.2, 0.25) is 0 Å². The van der Waals surface area contributed by atoms with E-state index in [1.165, 1.54) is 31.4 Å². The number of hydrogen-bond donors (Lipinski definition) is 1. The van der Waals surface area contributed by atoms with Gasteiger partial charge in [-0.05, 0) is 24.3 Å². The summed E-state index contributed by atoms with van der Waals surface area (Å²) in [5.41, 5.74) is 0.0333. The molecule has 0 aliphatic heterocycles. The fourth-order valence-corrected chi connectivity index (χ4v) is 2.33. The van der Waals surface area contributed by atoms with Crippen LogP contribution < -0.4 is 9.26 Å². The third-order valence-corrected chi connectivity index (χ3v) is 3.33. The molecule has 0 saturated carbocycles. The summed E-state index contributed by atoms with van der Waals surface area (Å²) < 4.78 is 26.1. The van der Waals surface area contributed by atoms with Gasteiger partial charge >= 0.3 is 13.8 Å². The number of para-hydroxylation sites is 2. The van der Waals surface area contributed by atoms with Crippen molar-refractivity contribution in [2.75, 3.05) is 7.11 Å². The van der Waals surface area contributed by atoms with E-state index in [1.807, 2.05) is 0 Å². The molecule has 0 aromatic heterocycles. The molecule has 0 aliphatic carbocycles. The first-order valence-corrected chi connectivity index (χ1v) is 7.46. The van der Waals surface area contributed by atoms with Gasteiger partial charge in [-0.2, -0.15) is 0 Å². The van der Waals surface area contributed by atoms with Crippen LogP contribution in [0.5, 0.6) is 11.5 Å². The van der Waals surface area contributed by atoms with E-state index in [4.69, 9.17) is 9.26 Å². The molecule has 2 rings (SSSR count). The van der Waals surface area contributed by atoms with Crippen LogP contribution >= 0.6 is 7.82 Å². The number of methoxy groups -OCH3 is 1. The summed E-state index contributed by atoms with van der Waals surface area (Å²) in [7, 11) is -3.19. The van der Waals surface area contributed by atoms with Crippen LogP contribution in [0.1, 0.15) is 10.4 Å². The summed E-state index contributed by atoms with van der Waals surface area (Å²) in [5, 5.41) is 0. The van der Waals surface area contributed by atoms with E-state index in [0.717, 1.165) is 0 Å². The lowest BCUT2D eigenvalue weighted by Gasteiger charge is -2.13. The number of carbonyl (C=O) groups is 1. The first-order chi connectivity index (χ1) is 10.0. The molecular formula is C14H13O6P. The smallest absolute Gasteiger partial charge is 0.496 e. The second-order valence-corrected chi connectivity index (χ2v) is 5.25. The highest BCUT2D eigenvalue weighted by Crippen LogP contribution is 2.44. The molecule has 0 saturated heterocycles. The van der Waals surface area contributed by atoms with Crippen molar-refractivity contribution in [2.45, 2.75) is 0 Å². The van der Waals surface area contributed by atoms with E-state index in [9.17, 15) is 14.3 Å². The lowest BCUT2D eigenvalue weighted by molar-refractivity contribution is 0.0680. The first-order valence-electron chi connectivity index (χ1n) is 5.96. The number of carbonyl (C=O) groups excluding carboxylic acids is 1. The molecule has 1 atom stereocenters. The summed E-state index contributed by atoms with van der Waals surface area (Å²) in [6.45, 7) is 0. The fraction of sp³-hybridized carbons (Fsp3) is 0.0714. The van der Waals surface area contributed by atoms with Crippen LogP contribution in [0.4, 0.5) is 0 Å². The van der Waals surface area contributed by atoms with Crippen LogP contribution in [0, 0.1) is 0 Å². The minimum Gasteiger partial charge on any atom is -0.496 e. The number of hydrogen-bond acceptors (Lipinski definition) is 5. The Morgan fingerprint density at radius 3 is 2.33 bits per heavy atom. The SMILES string of the molecule is COc1ccccc1C(=O)OP(=O)(O)Oc1ccccc1. The van der Waals surface area contributed by atoms with Gasteiger partial charge in [-0.25, -0.2) is 9.36 Å². The van der Waals surface area contributed by atoms with Gasteiger partial charge in [-0.1, -0.05) is 30.3 Å². The Bertz CT molecular complexity index is 670. The standard InChI is InChI=1S/C14H13O6P/c1-18-13-10-6-5-9-12(13)14(15)20-21(16,17)19-11-7-3-2-4-8-11/h2-10H,1H3,(H,16,17). The molecule has 7 heteroatoms. The van der Waals surface area contributed by atoms with Crippen LogP contribution in [-0.4, -0.2) is 18.0 Å². The first kappa shape index (κ1) is 15.1. The van der Waals surface area contributed by atoms with E-state index in [0.29, 0.717) is 0 Å². The number of ether oxygens (including phenoxy) is 1. The van der Waals surface area contributed by atoms with Gasteiger partial charge in [-0.15, -0.1) is 0 Å². The maximum Gasteiger partial charge on any atom is 0.587 e. The minimum absolute atomic E-state index is 0.0333. The van der Waals surface area contributed by atoms with Crippen molar-refractivity contribution in [3.63, 3.8) is 0 Å². The summed E-state index contributed by atoms with van der Waals surface area (Å²) in [4.78, 5) is 21.5. The number of phosphoric ester groups is 1. The normalized spacial score (nSPS) is 13.0. The maximum absolute atomic E-state index is 11.9. The topological polar surface area (TPSA) is 82.1 Å². The van der Waals surface area contributed by atoms with Gasteiger partial charge in [0.25, 0.3) is 0 Å². The molecule has 0 fully saturated rings. The maximum atomic E-state index is 11.9. The van der Waals surface area contributed by atoms with E-state index < -0.39 is 13.8 Å². The summed E-state index contributed by atoms with van der Waals surface area (Å²) in [6.07, 6.45) is 0. The highest BCUT2D eigenvalue weighted by Gasteiger charge is 2.30. The van der Waals surface area contributed by atoms with Crippen LogP contribution in [0.15, 0.2) is 54.6 Å². The summed E-state index contributed by atoms with van der Waals surface area (Å²) in [5.74, 6) is -0.646. The van der Waals surface area contributed by atoms with Gasteiger partial charge in [-0.3, -0.25) is 4.89 Å². The van der Waals surface area contributed by atoms with Crippen molar-refractivity contribution in [3.05, 3.63) is 60.2 Å². The monoisotopic (exact) mass is 308 g/mol. The van der Waals surface area contributed by atoms with Gasteiger partial charge in [0, 0.05) is 0 Å². The Hall–Kier alpha value is -2.30. The van der Waals surface area contributed by atoms with Crippen LogP contribution in [0.2, 0.25) is 0 Å². The third kappa shape index (κ3) is 4.08. The Balaban J connectivity index is 2.13. The molecule has 0 radical (unpaired) electrons. The predicted octanol–water partition coefficient (Wildman–Crippen LogP) is 3.03. The van der Waals surface area contributed by atoms with Crippen LogP contribution in [0.25, 0.3) is 0 Å². The highest BCUT2D eigenvalue weighted by molar-refractivity contribution is 7.48. The highest BCUT2D eigenvalue weighted by atomic mass is 31.2. The van der Waals surface area contributed by atoms with E-state index in [-0.39, 0.29) is 17.1 Å². The molecule has 21 heavy (non-hydrogen) atoms. The molecule has 0 heterocycles. The van der Waals surface area contributed by atoms with Gasteiger partial charge < -0.3 is 13.8 Å². The molecule has 6 nitrogen and oxygen atoms in total. The largest absolute Gasteiger partial charge is 0.587 e. The lowest BCUT2D eigenvalue weighted by Crippen LogP contribution is -2.08. The zero-order chi connectivity index (χ0) is 15.3. The fourth-order valence-electron chi connectivity index (χ4n) is 1.60. The second-order valence-electron chi connectivity index (χ2n) is 3.95.